The molecule has 0 aliphatic heterocycles. The van der Waals surface area contributed by atoms with E-state index < -0.39 is 0 Å². The zero-order valence-electron chi connectivity index (χ0n) is 12.4. The Morgan fingerprint density at radius 3 is 2.63 bits per heavy atom. The molecule has 3 unspecified atom stereocenters. The van der Waals surface area contributed by atoms with E-state index in [0.29, 0.717) is 12.7 Å². The average Bonchev–Trinajstić information content (AvgIpc) is 2.66. The van der Waals surface area contributed by atoms with E-state index in [2.05, 4.69) is 41.8 Å². The Bertz CT molecular complexity index is 430. The summed E-state index contributed by atoms with van der Waals surface area (Å²) in [6, 6.07) is 0. The Labute approximate surface area is 124 Å². The van der Waals surface area contributed by atoms with Crippen LogP contribution in [-0.2, 0) is 24.8 Å². The van der Waals surface area contributed by atoms with E-state index in [1.165, 1.54) is 19.3 Å². The van der Waals surface area contributed by atoms with Gasteiger partial charge in [0.25, 0.3) is 0 Å². The first kappa shape index (κ1) is 15.0. The molecular weight excluding hydrogens is 304 g/mol. The van der Waals surface area contributed by atoms with Crippen molar-refractivity contribution in [1.82, 2.24) is 9.78 Å². The minimum atomic E-state index is 0.415. The summed E-state index contributed by atoms with van der Waals surface area (Å²) in [7, 11) is 1.99. The van der Waals surface area contributed by atoms with E-state index in [0.717, 1.165) is 34.1 Å². The van der Waals surface area contributed by atoms with E-state index in [1.54, 1.807) is 0 Å². The van der Waals surface area contributed by atoms with Crippen molar-refractivity contribution in [3.05, 3.63) is 15.9 Å². The highest BCUT2D eigenvalue weighted by Crippen LogP contribution is 2.32. The van der Waals surface area contributed by atoms with Crippen LogP contribution in [0.3, 0.4) is 0 Å². The van der Waals surface area contributed by atoms with Gasteiger partial charge in [0.1, 0.15) is 0 Å². The second-order valence-electron chi connectivity index (χ2n) is 5.89. The van der Waals surface area contributed by atoms with Crippen LogP contribution in [0.25, 0.3) is 0 Å². The maximum Gasteiger partial charge on any atom is 0.0900 e. The molecule has 2 rings (SSSR count). The first-order valence-corrected chi connectivity index (χ1v) is 8.14. The zero-order valence-corrected chi connectivity index (χ0v) is 14.0. The van der Waals surface area contributed by atoms with Crippen molar-refractivity contribution in [1.29, 1.82) is 0 Å². The lowest BCUT2D eigenvalue weighted by Crippen LogP contribution is -2.26. The highest BCUT2D eigenvalue weighted by Gasteiger charge is 2.25. The maximum atomic E-state index is 6.12. The first-order valence-electron chi connectivity index (χ1n) is 7.34. The summed E-state index contributed by atoms with van der Waals surface area (Å²) in [6.45, 7) is 7.49. The fourth-order valence-corrected chi connectivity index (χ4v) is 3.55. The summed E-state index contributed by atoms with van der Waals surface area (Å²) in [5, 5.41) is 4.51. The standard InChI is InChI=1S/C15H25BrN2O/c1-5-13-15(16)14(18(4)17-13)9-19-12-7-6-10(2)11(3)8-12/h10-12H,5-9H2,1-4H3. The van der Waals surface area contributed by atoms with Gasteiger partial charge in [-0.2, -0.15) is 5.10 Å². The van der Waals surface area contributed by atoms with Crippen LogP contribution >= 0.6 is 15.9 Å². The van der Waals surface area contributed by atoms with E-state index in [1.807, 2.05) is 11.7 Å². The quantitative estimate of drug-likeness (QED) is 0.832. The van der Waals surface area contributed by atoms with Gasteiger partial charge in [-0.05, 0) is 53.4 Å². The molecule has 1 aliphatic rings. The number of halogens is 1. The molecule has 0 amide bonds. The molecular formula is C15H25BrN2O. The van der Waals surface area contributed by atoms with Crippen molar-refractivity contribution in [3.8, 4) is 0 Å². The fraction of sp³-hybridized carbons (Fsp3) is 0.800. The SMILES string of the molecule is CCc1nn(C)c(COC2CCC(C)C(C)C2)c1Br. The Balaban J connectivity index is 1.94. The number of hydrogen-bond acceptors (Lipinski definition) is 2. The number of rotatable bonds is 4. The lowest BCUT2D eigenvalue weighted by Gasteiger charge is -2.31. The van der Waals surface area contributed by atoms with E-state index in [-0.39, 0.29) is 0 Å². The molecule has 1 aromatic rings. The average molecular weight is 329 g/mol. The van der Waals surface area contributed by atoms with Gasteiger partial charge in [0.2, 0.25) is 0 Å². The number of hydrogen-bond donors (Lipinski definition) is 0. The van der Waals surface area contributed by atoms with Crippen molar-refractivity contribution in [2.75, 3.05) is 0 Å². The van der Waals surface area contributed by atoms with Crippen LogP contribution in [0, 0.1) is 11.8 Å². The molecule has 4 heteroatoms. The van der Waals surface area contributed by atoms with E-state index in [4.69, 9.17) is 4.74 Å². The number of ether oxygens (including phenoxy) is 1. The topological polar surface area (TPSA) is 27.1 Å². The van der Waals surface area contributed by atoms with Gasteiger partial charge in [0, 0.05) is 7.05 Å². The van der Waals surface area contributed by atoms with Gasteiger partial charge in [0.05, 0.1) is 28.6 Å². The van der Waals surface area contributed by atoms with Crippen LogP contribution in [-0.4, -0.2) is 15.9 Å². The molecule has 0 spiro atoms. The molecule has 1 heterocycles. The van der Waals surface area contributed by atoms with Crippen LogP contribution in [0.5, 0.6) is 0 Å². The lowest BCUT2D eigenvalue weighted by atomic mass is 9.80. The monoisotopic (exact) mass is 328 g/mol. The van der Waals surface area contributed by atoms with Gasteiger partial charge < -0.3 is 4.74 Å². The Hall–Kier alpha value is -0.350. The zero-order chi connectivity index (χ0) is 14.0. The third kappa shape index (κ3) is 3.40. The number of aryl methyl sites for hydroxylation is 2. The third-order valence-corrected chi connectivity index (χ3v) is 5.42. The molecule has 0 aromatic carbocycles. The van der Waals surface area contributed by atoms with Gasteiger partial charge in [0.15, 0.2) is 0 Å². The fourth-order valence-electron chi connectivity index (χ4n) is 2.82. The largest absolute Gasteiger partial charge is 0.372 e. The normalized spacial score (nSPS) is 27.7. The van der Waals surface area contributed by atoms with Crippen molar-refractivity contribution in [2.45, 2.75) is 59.2 Å². The minimum absolute atomic E-state index is 0.415. The Morgan fingerprint density at radius 1 is 1.32 bits per heavy atom. The van der Waals surface area contributed by atoms with Crippen molar-refractivity contribution in [3.63, 3.8) is 0 Å². The van der Waals surface area contributed by atoms with Gasteiger partial charge in [-0.3, -0.25) is 4.68 Å². The van der Waals surface area contributed by atoms with Crippen LogP contribution in [0.2, 0.25) is 0 Å². The number of aromatic nitrogens is 2. The predicted octanol–water partition coefficient (Wildman–Crippen LogP) is 4.09. The molecule has 0 bridgehead atoms. The molecule has 0 saturated heterocycles. The molecule has 1 saturated carbocycles. The summed E-state index contributed by atoms with van der Waals surface area (Å²) < 4.78 is 9.18. The molecule has 1 aromatic heterocycles. The van der Waals surface area contributed by atoms with Gasteiger partial charge in [-0.15, -0.1) is 0 Å². The molecule has 108 valence electrons. The Kier molecular flexibility index (Phi) is 5.07. The lowest BCUT2D eigenvalue weighted by molar-refractivity contribution is -0.0101. The van der Waals surface area contributed by atoms with Gasteiger partial charge in [-0.25, -0.2) is 0 Å². The van der Waals surface area contributed by atoms with Crippen LogP contribution in [0.1, 0.15) is 51.4 Å². The van der Waals surface area contributed by atoms with Crippen molar-refractivity contribution in [2.24, 2.45) is 18.9 Å². The van der Waals surface area contributed by atoms with Gasteiger partial charge in [-0.1, -0.05) is 20.8 Å². The highest BCUT2D eigenvalue weighted by atomic mass is 79.9. The molecule has 3 nitrogen and oxygen atoms in total. The first-order chi connectivity index (χ1) is 9.02. The van der Waals surface area contributed by atoms with Crippen LogP contribution in [0.4, 0.5) is 0 Å². The summed E-state index contributed by atoms with van der Waals surface area (Å²) in [6.07, 6.45) is 5.04. The highest BCUT2D eigenvalue weighted by molar-refractivity contribution is 9.10. The summed E-state index contributed by atoms with van der Waals surface area (Å²) >= 11 is 3.65. The summed E-state index contributed by atoms with van der Waals surface area (Å²) in [4.78, 5) is 0. The minimum Gasteiger partial charge on any atom is -0.372 e. The van der Waals surface area contributed by atoms with Crippen molar-refractivity contribution >= 4 is 15.9 Å². The second kappa shape index (κ2) is 6.40. The van der Waals surface area contributed by atoms with Crippen LogP contribution < -0.4 is 0 Å². The molecule has 1 aliphatic carbocycles. The Morgan fingerprint density at radius 2 is 2.05 bits per heavy atom. The van der Waals surface area contributed by atoms with E-state index >= 15 is 0 Å². The second-order valence-corrected chi connectivity index (χ2v) is 6.68. The molecule has 19 heavy (non-hydrogen) atoms. The van der Waals surface area contributed by atoms with Crippen molar-refractivity contribution < 1.29 is 4.74 Å². The molecule has 3 atom stereocenters. The summed E-state index contributed by atoms with van der Waals surface area (Å²) in [5.74, 6) is 1.62. The number of nitrogens with zero attached hydrogens (tertiary/aromatic N) is 2. The molecule has 0 N–H and O–H groups in total. The summed E-state index contributed by atoms with van der Waals surface area (Å²) in [5.41, 5.74) is 2.27. The molecule has 1 fully saturated rings. The van der Waals surface area contributed by atoms with E-state index in [9.17, 15) is 0 Å². The third-order valence-electron chi connectivity index (χ3n) is 4.51. The van der Waals surface area contributed by atoms with Crippen LogP contribution in [0.15, 0.2) is 4.47 Å². The maximum absolute atomic E-state index is 6.12. The smallest absolute Gasteiger partial charge is 0.0900 e. The van der Waals surface area contributed by atoms with Gasteiger partial charge >= 0.3 is 0 Å². The predicted molar refractivity (Wildman–Crippen MR) is 81.0 cm³/mol. The molecule has 0 radical (unpaired) electrons.